The van der Waals surface area contributed by atoms with Crippen molar-refractivity contribution in [2.24, 2.45) is 0 Å². The van der Waals surface area contributed by atoms with Gasteiger partial charge in [-0.3, -0.25) is 0 Å². The highest BCUT2D eigenvalue weighted by atomic mass is 16.4. The van der Waals surface area contributed by atoms with Crippen molar-refractivity contribution in [3.05, 3.63) is 35.0 Å². The number of benzene rings is 1. The van der Waals surface area contributed by atoms with Crippen LogP contribution in [0.1, 0.15) is 35.5 Å². The number of aromatic amines is 1. The molecule has 0 unspecified atom stereocenters. The van der Waals surface area contributed by atoms with Gasteiger partial charge in [-0.05, 0) is 32.0 Å². The van der Waals surface area contributed by atoms with Crippen molar-refractivity contribution in [2.45, 2.75) is 32.9 Å². The van der Waals surface area contributed by atoms with E-state index in [1.165, 1.54) is 0 Å². The van der Waals surface area contributed by atoms with E-state index in [4.69, 9.17) is 5.11 Å². The number of urea groups is 1. The molecule has 1 aromatic carbocycles. The van der Waals surface area contributed by atoms with Gasteiger partial charge in [0.25, 0.3) is 0 Å². The first-order chi connectivity index (χ1) is 10.5. The molecule has 0 bridgehead atoms. The number of hydrogen-bond acceptors (Lipinski definition) is 2. The monoisotopic (exact) mass is 301 g/mol. The molecule has 116 valence electrons. The summed E-state index contributed by atoms with van der Waals surface area (Å²) in [5.74, 6) is -0.943. The third-order valence-corrected chi connectivity index (χ3v) is 3.92. The molecule has 3 rings (SSSR count). The van der Waals surface area contributed by atoms with Crippen LogP contribution in [0.2, 0.25) is 0 Å². The predicted octanol–water partition coefficient (Wildman–Crippen LogP) is 2.34. The highest BCUT2D eigenvalue weighted by Gasteiger charge is 2.24. The number of carbonyl (C=O) groups excluding carboxylic acids is 1. The van der Waals surface area contributed by atoms with Gasteiger partial charge < -0.3 is 20.3 Å². The van der Waals surface area contributed by atoms with Crippen LogP contribution in [-0.4, -0.2) is 39.6 Å². The van der Waals surface area contributed by atoms with Gasteiger partial charge in [0.1, 0.15) is 0 Å². The van der Waals surface area contributed by atoms with Gasteiger partial charge in [-0.1, -0.05) is 0 Å². The molecule has 0 radical (unpaired) electrons. The molecule has 3 N–H and O–H groups in total. The van der Waals surface area contributed by atoms with Gasteiger partial charge in [0.05, 0.1) is 5.56 Å². The Morgan fingerprint density at radius 1 is 1.36 bits per heavy atom. The molecular weight excluding hydrogens is 282 g/mol. The summed E-state index contributed by atoms with van der Waals surface area (Å²) in [6, 6.07) is 5.07. The maximum Gasteiger partial charge on any atom is 0.335 e. The molecule has 6 nitrogen and oxygen atoms in total. The Labute approximate surface area is 128 Å². The molecule has 6 heteroatoms. The summed E-state index contributed by atoms with van der Waals surface area (Å²) in [4.78, 5) is 28.4. The van der Waals surface area contributed by atoms with E-state index < -0.39 is 5.97 Å². The van der Waals surface area contributed by atoms with E-state index in [-0.39, 0.29) is 17.6 Å². The molecule has 0 saturated carbocycles. The number of rotatable bonds is 2. The van der Waals surface area contributed by atoms with Crippen molar-refractivity contribution >= 4 is 22.9 Å². The van der Waals surface area contributed by atoms with E-state index >= 15 is 0 Å². The van der Waals surface area contributed by atoms with Crippen LogP contribution in [0.15, 0.2) is 18.2 Å². The van der Waals surface area contributed by atoms with Gasteiger partial charge in [0.2, 0.25) is 0 Å². The molecule has 1 aromatic heterocycles. The highest BCUT2D eigenvalue weighted by molar-refractivity contribution is 5.95. The molecule has 1 aliphatic heterocycles. The standard InChI is InChI=1S/C16H19N3O3/c1-9(2)17-16(22)19-6-5-14-12(8-19)11-7-10(15(20)21)3-4-13(11)18-14/h3-4,7,9,18H,5-6,8H2,1-2H3,(H,17,22)(H,20,21). The quantitative estimate of drug-likeness (QED) is 0.796. The van der Waals surface area contributed by atoms with Crippen molar-refractivity contribution in [3.63, 3.8) is 0 Å². The molecule has 2 amide bonds. The number of carbonyl (C=O) groups is 2. The zero-order valence-corrected chi connectivity index (χ0v) is 12.6. The second-order valence-electron chi connectivity index (χ2n) is 5.92. The average Bonchev–Trinajstić information content (AvgIpc) is 2.83. The van der Waals surface area contributed by atoms with Gasteiger partial charge >= 0.3 is 12.0 Å². The third kappa shape index (κ3) is 2.52. The Kier molecular flexibility index (Phi) is 3.52. The molecule has 0 fully saturated rings. The molecule has 0 spiro atoms. The summed E-state index contributed by atoms with van der Waals surface area (Å²) < 4.78 is 0. The Bertz CT molecular complexity index is 748. The van der Waals surface area contributed by atoms with Crippen LogP contribution in [-0.2, 0) is 13.0 Å². The van der Waals surface area contributed by atoms with Crippen LogP contribution < -0.4 is 5.32 Å². The van der Waals surface area contributed by atoms with Gasteiger partial charge in [-0.2, -0.15) is 0 Å². The van der Waals surface area contributed by atoms with E-state index in [2.05, 4.69) is 10.3 Å². The van der Waals surface area contributed by atoms with Crippen molar-refractivity contribution in [2.75, 3.05) is 6.54 Å². The number of nitrogens with one attached hydrogen (secondary N) is 2. The van der Waals surface area contributed by atoms with Crippen LogP contribution in [0, 0.1) is 0 Å². The fourth-order valence-electron chi connectivity index (χ4n) is 2.86. The summed E-state index contributed by atoms with van der Waals surface area (Å²) in [7, 11) is 0. The van der Waals surface area contributed by atoms with Crippen molar-refractivity contribution in [3.8, 4) is 0 Å². The summed E-state index contributed by atoms with van der Waals surface area (Å²) in [5.41, 5.74) is 3.29. The second-order valence-corrected chi connectivity index (χ2v) is 5.92. The summed E-state index contributed by atoms with van der Waals surface area (Å²) in [6.45, 7) is 5.01. The van der Waals surface area contributed by atoms with Crippen LogP contribution in [0.4, 0.5) is 4.79 Å². The maximum atomic E-state index is 12.2. The number of aromatic carboxylic acids is 1. The lowest BCUT2D eigenvalue weighted by Crippen LogP contribution is -2.45. The summed E-state index contributed by atoms with van der Waals surface area (Å²) in [6.07, 6.45) is 0.748. The third-order valence-electron chi connectivity index (χ3n) is 3.92. The topological polar surface area (TPSA) is 85.4 Å². The maximum absolute atomic E-state index is 12.2. The second kappa shape index (κ2) is 5.36. The fourth-order valence-corrected chi connectivity index (χ4v) is 2.86. The average molecular weight is 301 g/mol. The van der Waals surface area contributed by atoms with Gasteiger partial charge in [0.15, 0.2) is 0 Å². The molecule has 2 aromatic rings. The van der Waals surface area contributed by atoms with Crippen LogP contribution in [0.5, 0.6) is 0 Å². The molecule has 0 atom stereocenters. The Hall–Kier alpha value is -2.50. The minimum atomic E-state index is -0.943. The van der Waals surface area contributed by atoms with Gasteiger partial charge in [-0.25, -0.2) is 9.59 Å². The lowest BCUT2D eigenvalue weighted by Gasteiger charge is -2.28. The fraction of sp³-hybridized carbons (Fsp3) is 0.375. The smallest absolute Gasteiger partial charge is 0.335 e. The minimum Gasteiger partial charge on any atom is -0.478 e. The van der Waals surface area contributed by atoms with Gasteiger partial charge in [-0.15, -0.1) is 0 Å². The van der Waals surface area contributed by atoms with Crippen LogP contribution >= 0.6 is 0 Å². The van der Waals surface area contributed by atoms with Crippen molar-refractivity contribution in [1.29, 1.82) is 0 Å². The first kappa shape index (κ1) is 14.4. The lowest BCUT2D eigenvalue weighted by molar-refractivity contribution is 0.0697. The van der Waals surface area contributed by atoms with E-state index in [1.807, 2.05) is 13.8 Å². The summed E-state index contributed by atoms with van der Waals surface area (Å²) >= 11 is 0. The van der Waals surface area contributed by atoms with Crippen LogP contribution in [0.25, 0.3) is 10.9 Å². The zero-order valence-electron chi connectivity index (χ0n) is 12.6. The number of amides is 2. The molecular formula is C16H19N3O3. The highest BCUT2D eigenvalue weighted by Crippen LogP contribution is 2.28. The largest absolute Gasteiger partial charge is 0.478 e. The number of nitrogens with zero attached hydrogens (tertiary/aromatic N) is 1. The van der Waals surface area contributed by atoms with Crippen molar-refractivity contribution in [1.82, 2.24) is 15.2 Å². The van der Waals surface area contributed by atoms with E-state index in [1.54, 1.807) is 23.1 Å². The molecule has 22 heavy (non-hydrogen) atoms. The Morgan fingerprint density at radius 2 is 2.14 bits per heavy atom. The number of carboxylic acid groups (broad SMARTS) is 1. The Morgan fingerprint density at radius 3 is 2.82 bits per heavy atom. The minimum absolute atomic E-state index is 0.0793. The predicted molar refractivity (Wildman–Crippen MR) is 83.0 cm³/mol. The molecule has 0 aliphatic carbocycles. The molecule has 2 heterocycles. The van der Waals surface area contributed by atoms with Crippen molar-refractivity contribution < 1.29 is 14.7 Å². The first-order valence-corrected chi connectivity index (χ1v) is 7.38. The molecule has 0 saturated heterocycles. The number of H-pyrrole nitrogens is 1. The SMILES string of the molecule is CC(C)NC(=O)N1CCc2[nH]c3ccc(C(=O)O)cc3c2C1. The number of aromatic nitrogens is 1. The number of carboxylic acids is 1. The van der Waals surface area contributed by atoms with E-state index in [9.17, 15) is 9.59 Å². The number of hydrogen-bond donors (Lipinski definition) is 3. The van der Waals surface area contributed by atoms with E-state index in [0.717, 1.165) is 28.6 Å². The number of fused-ring (bicyclic) bond motifs is 3. The first-order valence-electron chi connectivity index (χ1n) is 7.38. The lowest BCUT2D eigenvalue weighted by atomic mass is 10.0. The molecule has 1 aliphatic rings. The van der Waals surface area contributed by atoms with Gasteiger partial charge in [0, 0.05) is 47.7 Å². The Balaban J connectivity index is 1.95. The zero-order chi connectivity index (χ0) is 15.9. The normalized spacial score (nSPS) is 14.2. The summed E-state index contributed by atoms with van der Waals surface area (Å²) in [5, 5.41) is 12.9. The van der Waals surface area contributed by atoms with Crippen LogP contribution in [0.3, 0.4) is 0 Å². The van der Waals surface area contributed by atoms with E-state index in [0.29, 0.717) is 13.1 Å².